The van der Waals surface area contributed by atoms with Gasteiger partial charge in [0.2, 0.25) is 0 Å². The van der Waals surface area contributed by atoms with Crippen molar-refractivity contribution in [2.75, 3.05) is 0 Å². The Morgan fingerprint density at radius 2 is 1.28 bits per heavy atom. The van der Waals surface area contributed by atoms with E-state index in [9.17, 15) is 0 Å². The van der Waals surface area contributed by atoms with Crippen LogP contribution in [0.1, 0.15) is 51.7 Å². The van der Waals surface area contributed by atoms with Crippen LogP contribution in [-0.2, 0) is 5.41 Å². The van der Waals surface area contributed by atoms with Gasteiger partial charge >= 0.3 is 0 Å². The number of hydrogen-bond donors (Lipinski definition) is 0. The van der Waals surface area contributed by atoms with Crippen LogP contribution in [0, 0.1) is 11.8 Å². The van der Waals surface area contributed by atoms with Crippen molar-refractivity contribution in [2.24, 2.45) is 11.8 Å². The van der Waals surface area contributed by atoms with E-state index in [0.717, 1.165) is 12.8 Å². The summed E-state index contributed by atoms with van der Waals surface area (Å²) in [7, 11) is 0. The molecule has 36 heavy (non-hydrogen) atoms. The van der Waals surface area contributed by atoms with Gasteiger partial charge in [-0.25, -0.2) is 0 Å². The molecular formula is C35H36S. The van der Waals surface area contributed by atoms with E-state index in [4.69, 9.17) is 0 Å². The average molecular weight is 489 g/mol. The number of thioether (sulfide) groups is 1. The summed E-state index contributed by atoms with van der Waals surface area (Å²) in [4.78, 5) is 2.71. The first-order chi connectivity index (χ1) is 17.5. The van der Waals surface area contributed by atoms with Crippen LogP contribution < -0.4 is 0 Å². The van der Waals surface area contributed by atoms with E-state index < -0.39 is 0 Å². The predicted molar refractivity (Wildman–Crippen MR) is 157 cm³/mol. The first-order valence-electron chi connectivity index (χ1n) is 13.2. The normalized spacial score (nSPS) is 17.8. The lowest BCUT2D eigenvalue weighted by atomic mass is 9.66. The lowest BCUT2D eigenvalue weighted by molar-refractivity contribution is 0.508. The second kappa shape index (κ2) is 10.5. The maximum absolute atomic E-state index is 2.42. The smallest absolute Gasteiger partial charge is 0.0296 e. The molecule has 0 bridgehead atoms. The molecule has 0 fully saturated rings. The van der Waals surface area contributed by atoms with Crippen molar-refractivity contribution in [3.05, 3.63) is 136 Å². The molecule has 3 aromatic rings. The molecule has 0 nitrogen and oxygen atoms in total. The Hall–Kier alpha value is -3.03. The van der Waals surface area contributed by atoms with Crippen LogP contribution in [0.4, 0.5) is 0 Å². The van der Waals surface area contributed by atoms with Gasteiger partial charge in [-0.2, -0.15) is 0 Å². The number of benzene rings is 3. The summed E-state index contributed by atoms with van der Waals surface area (Å²) >= 11 is 1.92. The Balaban J connectivity index is 1.73. The van der Waals surface area contributed by atoms with Gasteiger partial charge < -0.3 is 0 Å². The van der Waals surface area contributed by atoms with Crippen LogP contribution in [0.3, 0.4) is 0 Å². The molecule has 2 aliphatic carbocycles. The highest BCUT2D eigenvalue weighted by Crippen LogP contribution is 2.59. The highest BCUT2D eigenvalue weighted by Gasteiger charge is 2.46. The molecule has 2 aliphatic rings. The Morgan fingerprint density at radius 1 is 0.694 bits per heavy atom. The predicted octanol–water partition coefficient (Wildman–Crippen LogP) is 10.1. The molecule has 0 atom stereocenters. The fourth-order valence-electron chi connectivity index (χ4n) is 5.59. The molecule has 182 valence electrons. The van der Waals surface area contributed by atoms with E-state index in [-0.39, 0.29) is 5.41 Å². The van der Waals surface area contributed by atoms with E-state index in [1.165, 1.54) is 43.2 Å². The van der Waals surface area contributed by atoms with Crippen molar-refractivity contribution in [3.8, 4) is 11.1 Å². The monoisotopic (exact) mass is 488 g/mol. The summed E-state index contributed by atoms with van der Waals surface area (Å²) in [6.07, 6.45) is 13.8. The van der Waals surface area contributed by atoms with Crippen LogP contribution in [0.2, 0.25) is 0 Å². The average Bonchev–Trinajstić information content (AvgIpc) is 3.14. The second-order valence-corrected chi connectivity index (χ2v) is 11.8. The lowest BCUT2D eigenvalue weighted by Gasteiger charge is -2.39. The van der Waals surface area contributed by atoms with Gasteiger partial charge in [0.15, 0.2) is 0 Å². The molecule has 0 N–H and O–H groups in total. The molecule has 0 heterocycles. The molecule has 0 saturated carbocycles. The third-order valence-electron chi connectivity index (χ3n) is 7.18. The molecule has 0 aromatic heterocycles. The fraction of sp³-hybridized carbons (Fsp3) is 0.257. The Morgan fingerprint density at radius 3 is 1.89 bits per heavy atom. The van der Waals surface area contributed by atoms with Gasteiger partial charge in [-0.1, -0.05) is 137 Å². The quantitative estimate of drug-likeness (QED) is 0.332. The standard InChI is InChI=1S/C35H36S/c1-25(2)13-12-14-27-23-35(32-19-10-8-17-30(32)31-18-9-11-20-33(31)35)24-28(22-21-26(3)4)34(27)36-29-15-6-5-7-16-29/h5-22,25-26H,23-24H2,1-4H3/b13-12+,22-21+,27-14+. The molecule has 0 aliphatic heterocycles. The van der Waals surface area contributed by atoms with E-state index in [2.05, 4.69) is 137 Å². The third-order valence-corrected chi connectivity index (χ3v) is 8.42. The first kappa shape index (κ1) is 24.7. The van der Waals surface area contributed by atoms with Crippen LogP contribution in [0.15, 0.2) is 130 Å². The summed E-state index contributed by atoms with van der Waals surface area (Å²) in [6.45, 7) is 9.02. The maximum atomic E-state index is 2.42. The molecule has 0 amide bonds. The van der Waals surface area contributed by atoms with Crippen molar-refractivity contribution >= 4 is 11.8 Å². The van der Waals surface area contributed by atoms with Crippen molar-refractivity contribution in [3.63, 3.8) is 0 Å². The summed E-state index contributed by atoms with van der Waals surface area (Å²) in [5.41, 5.74) is 8.59. The zero-order valence-corrected chi connectivity index (χ0v) is 22.7. The minimum absolute atomic E-state index is 0.0396. The minimum Gasteiger partial charge on any atom is -0.0895 e. The van der Waals surface area contributed by atoms with Gasteiger partial charge in [0.1, 0.15) is 0 Å². The van der Waals surface area contributed by atoms with Crippen LogP contribution in [-0.4, -0.2) is 0 Å². The van der Waals surface area contributed by atoms with E-state index >= 15 is 0 Å². The molecule has 0 saturated heterocycles. The number of rotatable bonds is 6. The third kappa shape index (κ3) is 4.82. The SMILES string of the molecule is CC(C)/C=C/C=C1\CC2(CC(/C=C/C(C)C)=C1Sc1ccccc1)c1ccccc1-c1ccccc12. The van der Waals surface area contributed by atoms with Crippen LogP contribution in [0.25, 0.3) is 11.1 Å². The van der Waals surface area contributed by atoms with Gasteiger partial charge in [0, 0.05) is 15.2 Å². The van der Waals surface area contributed by atoms with Crippen LogP contribution in [0.5, 0.6) is 0 Å². The van der Waals surface area contributed by atoms with E-state index in [1.54, 1.807) is 0 Å². The largest absolute Gasteiger partial charge is 0.0895 e. The lowest BCUT2D eigenvalue weighted by Crippen LogP contribution is -2.30. The molecule has 3 aromatic carbocycles. The second-order valence-electron chi connectivity index (χ2n) is 10.7. The van der Waals surface area contributed by atoms with Gasteiger partial charge in [-0.3, -0.25) is 0 Å². The number of allylic oxidation sites excluding steroid dienone is 7. The molecule has 0 radical (unpaired) electrons. The fourth-order valence-corrected chi connectivity index (χ4v) is 6.66. The molecule has 1 spiro atoms. The van der Waals surface area contributed by atoms with E-state index in [0.29, 0.717) is 11.8 Å². The number of hydrogen-bond acceptors (Lipinski definition) is 1. The topological polar surface area (TPSA) is 0 Å². The van der Waals surface area contributed by atoms with Crippen molar-refractivity contribution in [2.45, 2.75) is 50.8 Å². The molecular weight excluding hydrogens is 452 g/mol. The van der Waals surface area contributed by atoms with Gasteiger partial charge in [-0.15, -0.1) is 0 Å². The molecule has 5 rings (SSSR count). The highest BCUT2D eigenvalue weighted by atomic mass is 32.2. The zero-order valence-electron chi connectivity index (χ0n) is 21.9. The van der Waals surface area contributed by atoms with Gasteiger partial charge in [0.25, 0.3) is 0 Å². The van der Waals surface area contributed by atoms with E-state index in [1.807, 2.05) is 11.8 Å². The molecule has 1 heteroatoms. The van der Waals surface area contributed by atoms with Crippen molar-refractivity contribution in [1.29, 1.82) is 0 Å². The zero-order chi connectivity index (χ0) is 25.1. The van der Waals surface area contributed by atoms with Crippen molar-refractivity contribution in [1.82, 2.24) is 0 Å². The van der Waals surface area contributed by atoms with Crippen LogP contribution >= 0.6 is 11.8 Å². The highest BCUT2D eigenvalue weighted by molar-refractivity contribution is 8.03. The Labute approximate surface area is 221 Å². The van der Waals surface area contributed by atoms with Gasteiger partial charge in [-0.05, 0) is 70.2 Å². The summed E-state index contributed by atoms with van der Waals surface area (Å²) in [5.74, 6) is 1.04. The summed E-state index contributed by atoms with van der Waals surface area (Å²) in [5, 5.41) is 0. The minimum atomic E-state index is -0.0396. The summed E-state index contributed by atoms with van der Waals surface area (Å²) < 4.78 is 0. The Kier molecular flexibility index (Phi) is 7.21. The number of fused-ring (bicyclic) bond motifs is 5. The van der Waals surface area contributed by atoms with Crippen molar-refractivity contribution < 1.29 is 0 Å². The van der Waals surface area contributed by atoms with Gasteiger partial charge in [0.05, 0.1) is 0 Å². The molecule has 0 unspecified atom stereocenters. The summed E-state index contributed by atoms with van der Waals surface area (Å²) in [6, 6.07) is 29.0. The maximum Gasteiger partial charge on any atom is 0.0296 e. The Bertz CT molecular complexity index is 1300. The first-order valence-corrected chi connectivity index (χ1v) is 14.0.